The highest BCUT2D eigenvalue weighted by Crippen LogP contribution is 2.27. The Labute approximate surface area is 179 Å². The van der Waals surface area contributed by atoms with E-state index in [-0.39, 0.29) is 17.9 Å². The molecule has 1 saturated heterocycles. The second-order valence-corrected chi connectivity index (χ2v) is 8.47. The number of pyridine rings is 1. The Bertz CT molecular complexity index is 1090. The van der Waals surface area contributed by atoms with E-state index in [1.54, 1.807) is 16.5 Å². The van der Waals surface area contributed by atoms with Crippen LogP contribution in [0.15, 0.2) is 35.8 Å². The van der Waals surface area contributed by atoms with Crippen LogP contribution in [0.5, 0.6) is 0 Å². The van der Waals surface area contributed by atoms with Crippen molar-refractivity contribution in [2.24, 2.45) is 0 Å². The average Bonchev–Trinajstić information content (AvgIpc) is 3.17. The zero-order chi connectivity index (χ0) is 21.3. The molecule has 0 unspecified atom stereocenters. The van der Waals surface area contributed by atoms with E-state index in [0.717, 1.165) is 16.6 Å². The van der Waals surface area contributed by atoms with Gasteiger partial charge < -0.3 is 15.0 Å². The first-order valence-corrected chi connectivity index (χ1v) is 10.8. The number of fused-ring (bicyclic) bond motifs is 1. The van der Waals surface area contributed by atoms with Crippen molar-refractivity contribution < 1.29 is 14.3 Å². The number of morpholine rings is 1. The van der Waals surface area contributed by atoms with Gasteiger partial charge in [-0.25, -0.2) is 9.97 Å². The van der Waals surface area contributed by atoms with Crippen molar-refractivity contribution in [3.05, 3.63) is 57.7 Å². The maximum absolute atomic E-state index is 12.9. The lowest BCUT2D eigenvalue weighted by Crippen LogP contribution is -2.42. The van der Waals surface area contributed by atoms with Gasteiger partial charge in [0, 0.05) is 18.0 Å². The topological polar surface area (TPSA) is 84.4 Å². The molecule has 8 heteroatoms. The van der Waals surface area contributed by atoms with Gasteiger partial charge in [-0.3, -0.25) is 9.59 Å². The maximum Gasteiger partial charge on any atom is 0.266 e. The van der Waals surface area contributed by atoms with Crippen molar-refractivity contribution in [3.8, 4) is 0 Å². The highest BCUT2D eigenvalue weighted by Gasteiger charge is 2.29. The van der Waals surface area contributed by atoms with Crippen molar-refractivity contribution in [3.63, 3.8) is 0 Å². The number of hydrogen-bond acceptors (Lipinski definition) is 6. The SMILES string of the molecule is Cc1ncsc1C(=O)N1CCO[C@H](c2cc(C(=O)NC(C)C)c3ccccc3n2)C1. The highest BCUT2D eigenvalue weighted by atomic mass is 32.1. The number of hydrogen-bond donors (Lipinski definition) is 1. The van der Waals surface area contributed by atoms with Crippen LogP contribution in [0.25, 0.3) is 10.9 Å². The monoisotopic (exact) mass is 424 g/mol. The van der Waals surface area contributed by atoms with Crippen molar-refractivity contribution >= 4 is 34.1 Å². The minimum atomic E-state index is -0.397. The lowest BCUT2D eigenvalue weighted by molar-refractivity contribution is -0.0244. The van der Waals surface area contributed by atoms with Crippen LogP contribution in [0.4, 0.5) is 0 Å². The van der Waals surface area contributed by atoms with Crippen LogP contribution in [-0.2, 0) is 4.74 Å². The zero-order valence-corrected chi connectivity index (χ0v) is 18.0. The second kappa shape index (κ2) is 8.49. The number of nitrogens with zero attached hydrogens (tertiary/aromatic N) is 3. The lowest BCUT2D eigenvalue weighted by Gasteiger charge is -2.32. The normalized spacial score (nSPS) is 16.8. The van der Waals surface area contributed by atoms with Gasteiger partial charge in [-0.15, -0.1) is 11.3 Å². The van der Waals surface area contributed by atoms with Gasteiger partial charge in [0.1, 0.15) is 11.0 Å². The number of nitrogens with one attached hydrogen (secondary N) is 1. The molecule has 156 valence electrons. The minimum absolute atomic E-state index is 0.0227. The minimum Gasteiger partial charge on any atom is -0.368 e. The van der Waals surface area contributed by atoms with Crippen LogP contribution in [0.1, 0.15) is 51.4 Å². The number of carbonyl (C=O) groups is 2. The molecule has 1 aromatic carbocycles. The highest BCUT2D eigenvalue weighted by molar-refractivity contribution is 7.11. The molecule has 4 rings (SSSR count). The van der Waals surface area contributed by atoms with Crippen LogP contribution in [0, 0.1) is 6.92 Å². The second-order valence-electron chi connectivity index (χ2n) is 7.62. The predicted octanol–water partition coefficient (Wildman–Crippen LogP) is 3.35. The lowest BCUT2D eigenvalue weighted by atomic mass is 10.0. The van der Waals surface area contributed by atoms with Gasteiger partial charge in [-0.2, -0.15) is 0 Å². The molecule has 30 heavy (non-hydrogen) atoms. The van der Waals surface area contributed by atoms with E-state index in [9.17, 15) is 9.59 Å². The molecular formula is C22H24N4O3S. The Morgan fingerprint density at radius 1 is 1.30 bits per heavy atom. The third kappa shape index (κ3) is 4.06. The first-order chi connectivity index (χ1) is 14.4. The number of rotatable bonds is 4. The van der Waals surface area contributed by atoms with E-state index in [1.165, 1.54) is 11.3 Å². The number of thiazole rings is 1. The van der Waals surface area contributed by atoms with Gasteiger partial charge >= 0.3 is 0 Å². The van der Waals surface area contributed by atoms with E-state index < -0.39 is 6.10 Å². The number of aryl methyl sites for hydroxylation is 1. The fourth-order valence-corrected chi connectivity index (χ4v) is 4.32. The summed E-state index contributed by atoms with van der Waals surface area (Å²) in [5.41, 5.74) is 4.37. The van der Waals surface area contributed by atoms with Gasteiger partial charge in [0.2, 0.25) is 0 Å². The Morgan fingerprint density at radius 2 is 2.10 bits per heavy atom. The summed E-state index contributed by atoms with van der Waals surface area (Å²) in [6.45, 7) is 7.00. The largest absolute Gasteiger partial charge is 0.368 e. The van der Waals surface area contributed by atoms with Gasteiger partial charge in [-0.1, -0.05) is 18.2 Å². The van der Waals surface area contributed by atoms with Crippen molar-refractivity contribution in [1.29, 1.82) is 0 Å². The molecule has 7 nitrogen and oxygen atoms in total. The zero-order valence-electron chi connectivity index (χ0n) is 17.2. The smallest absolute Gasteiger partial charge is 0.266 e. The fraction of sp³-hybridized carbons (Fsp3) is 0.364. The summed E-state index contributed by atoms with van der Waals surface area (Å²) in [6, 6.07) is 9.38. The number of amides is 2. The third-order valence-electron chi connectivity index (χ3n) is 5.02. The van der Waals surface area contributed by atoms with Gasteiger partial charge in [-0.05, 0) is 32.9 Å². The van der Waals surface area contributed by atoms with Crippen LogP contribution in [-0.4, -0.2) is 52.4 Å². The molecule has 0 aliphatic carbocycles. The van der Waals surface area contributed by atoms with Crippen molar-refractivity contribution in [2.75, 3.05) is 19.7 Å². The molecule has 1 N–H and O–H groups in total. The summed E-state index contributed by atoms with van der Waals surface area (Å²) in [4.78, 5) is 37.1. The van der Waals surface area contributed by atoms with Gasteiger partial charge in [0.25, 0.3) is 11.8 Å². The Kier molecular flexibility index (Phi) is 5.78. The Balaban J connectivity index is 1.66. The Hall–Kier alpha value is -2.84. The summed E-state index contributed by atoms with van der Waals surface area (Å²) >= 11 is 1.35. The summed E-state index contributed by atoms with van der Waals surface area (Å²) in [5.74, 6) is -0.184. The molecule has 3 aromatic rings. The standard InChI is InChI=1S/C22H24N4O3S/c1-13(2)24-21(27)16-10-18(25-17-7-5-4-6-15(16)17)19-11-26(8-9-29-19)22(28)20-14(3)23-12-30-20/h4-7,10,12-13,19H,8-9,11H2,1-3H3,(H,24,27)/t19-/m0/s1. The van der Waals surface area contributed by atoms with Gasteiger partial charge in [0.05, 0.1) is 41.1 Å². The number of carbonyl (C=O) groups excluding carboxylic acids is 2. The number of ether oxygens (including phenoxy) is 1. The molecule has 1 aliphatic heterocycles. The first kappa shape index (κ1) is 20.4. The van der Waals surface area contributed by atoms with Gasteiger partial charge in [0.15, 0.2) is 0 Å². The van der Waals surface area contributed by atoms with E-state index in [4.69, 9.17) is 9.72 Å². The third-order valence-corrected chi connectivity index (χ3v) is 5.94. The molecule has 0 saturated carbocycles. The first-order valence-electron chi connectivity index (χ1n) is 9.95. The average molecular weight is 425 g/mol. The van der Waals surface area contributed by atoms with Crippen molar-refractivity contribution in [2.45, 2.75) is 32.9 Å². The van der Waals surface area contributed by atoms with E-state index in [2.05, 4.69) is 10.3 Å². The van der Waals surface area contributed by atoms with Crippen LogP contribution in [0.3, 0.4) is 0 Å². The molecule has 0 bridgehead atoms. The molecule has 0 spiro atoms. The molecule has 3 heterocycles. The molecule has 1 atom stereocenters. The quantitative estimate of drug-likeness (QED) is 0.694. The molecule has 2 amide bonds. The van der Waals surface area contributed by atoms with Crippen molar-refractivity contribution in [1.82, 2.24) is 20.2 Å². The van der Waals surface area contributed by atoms with E-state index in [0.29, 0.717) is 35.8 Å². The summed E-state index contributed by atoms with van der Waals surface area (Å²) < 4.78 is 5.96. The molecule has 1 aliphatic rings. The van der Waals surface area contributed by atoms with E-state index in [1.807, 2.05) is 45.0 Å². The van der Waals surface area contributed by atoms with Crippen LogP contribution < -0.4 is 5.32 Å². The molecule has 0 radical (unpaired) electrons. The summed E-state index contributed by atoms with van der Waals surface area (Å²) in [7, 11) is 0. The molecule has 2 aromatic heterocycles. The van der Waals surface area contributed by atoms with Crippen LogP contribution >= 0.6 is 11.3 Å². The van der Waals surface area contributed by atoms with Crippen LogP contribution in [0.2, 0.25) is 0 Å². The molecule has 1 fully saturated rings. The summed E-state index contributed by atoms with van der Waals surface area (Å²) in [5, 5.41) is 3.75. The predicted molar refractivity (Wildman–Crippen MR) is 116 cm³/mol. The number of para-hydroxylation sites is 1. The Morgan fingerprint density at radius 3 is 2.83 bits per heavy atom. The fourth-order valence-electron chi connectivity index (χ4n) is 3.55. The molecular weight excluding hydrogens is 400 g/mol. The number of benzene rings is 1. The van der Waals surface area contributed by atoms with E-state index >= 15 is 0 Å². The summed E-state index contributed by atoms with van der Waals surface area (Å²) in [6.07, 6.45) is -0.397. The number of aromatic nitrogens is 2. The maximum atomic E-state index is 12.9.